The summed E-state index contributed by atoms with van der Waals surface area (Å²) in [6.45, 7) is 5.91. The fourth-order valence-electron chi connectivity index (χ4n) is 3.80. The van der Waals surface area contributed by atoms with Crippen LogP contribution in [0.4, 0.5) is 0 Å². The van der Waals surface area contributed by atoms with E-state index < -0.39 is 23.7 Å². The van der Waals surface area contributed by atoms with Crippen LogP contribution in [0.1, 0.15) is 37.9 Å². The molecule has 1 amide bonds. The summed E-state index contributed by atoms with van der Waals surface area (Å²) in [6, 6.07) is 12.5. The summed E-state index contributed by atoms with van der Waals surface area (Å²) < 4.78 is 10.8. The third-order valence-corrected chi connectivity index (χ3v) is 5.26. The van der Waals surface area contributed by atoms with E-state index in [4.69, 9.17) is 9.47 Å². The van der Waals surface area contributed by atoms with Crippen molar-refractivity contribution in [3.05, 3.63) is 65.2 Å². The average Bonchev–Trinajstić information content (AvgIpc) is 3.02. The number of likely N-dealkylation sites (tertiary alicyclic amines) is 1. The van der Waals surface area contributed by atoms with Gasteiger partial charge in [-0.15, -0.1) is 0 Å². The summed E-state index contributed by atoms with van der Waals surface area (Å²) in [7, 11) is 3.74. The molecule has 0 spiro atoms. The number of rotatable bonds is 8. The molecule has 1 heterocycles. The maximum absolute atomic E-state index is 13.1. The molecule has 2 aromatic rings. The monoisotopic (exact) mass is 466 g/mol. The van der Waals surface area contributed by atoms with Gasteiger partial charge in [0.15, 0.2) is 0 Å². The molecule has 0 aromatic heterocycles. The Morgan fingerprint density at radius 1 is 1.09 bits per heavy atom. The van der Waals surface area contributed by atoms with Crippen molar-refractivity contribution in [3.63, 3.8) is 0 Å². The Balaban J connectivity index is 2.10. The van der Waals surface area contributed by atoms with E-state index in [1.165, 1.54) is 11.8 Å². The summed E-state index contributed by atoms with van der Waals surface area (Å²) in [4.78, 5) is 40.9. The number of carbonyl (C=O) groups excluding carboxylic acids is 3. The van der Waals surface area contributed by atoms with E-state index in [0.29, 0.717) is 29.2 Å². The molecule has 1 N–H and O–H groups in total. The van der Waals surface area contributed by atoms with Gasteiger partial charge in [-0.25, -0.2) is 0 Å². The molecular formula is C26H30N2O6. The molecule has 0 saturated carbocycles. The Labute approximate surface area is 199 Å². The zero-order valence-electron chi connectivity index (χ0n) is 20.1. The molecule has 1 atom stereocenters. The fraction of sp³-hybridized carbons (Fsp3) is 0.346. The van der Waals surface area contributed by atoms with Crippen molar-refractivity contribution >= 4 is 23.4 Å². The first-order valence-corrected chi connectivity index (χ1v) is 11.1. The van der Waals surface area contributed by atoms with Crippen LogP contribution in [0, 0.1) is 0 Å². The highest BCUT2D eigenvalue weighted by Gasteiger charge is 2.46. The third-order valence-electron chi connectivity index (χ3n) is 5.26. The highest BCUT2D eigenvalue weighted by Crippen LogP contribution is 2.40. The van der Waals surface area contributed by atoms with Crippen LogP contribution in [0.25, 0.3) is 5.76 Å². The number of carbonyl (C=O) groups is 3. The van der Waals surface area contributed by atoms with E-state index >= 15 is 0 Å². The van der Waals surface area contributed by atoms with Gasteiger partial charge in [-0.2, -0.15) is 0 Å². The first kappa shape index (κ1) is 25.0. The van der Waals surface area contributed by atoms with Crippen LogP contribution in [0.2, 0.25) is 0 Å². The number of esters is 1. The molecule has 1 aliphatic heterocycles. The van der Waals surface area contributed by atoms with Gasteiger partial charge < -0.3 is 24.4 Å². The topological polar surface area (TPSA) is 96.4 Å². The molecule has 180 valence electrons. The fourth-order valence-corrected chi connectivity index (χ4v) is 3.80. The Morgan fingerprint density at radius 2 is 1.76 bits per heavy atom. The number of hydrogen-bond donors (Lipinski definition) is 1. The molecule has 8 heteroatoms. The maximum atomic E-state index is 13.1. The highest BCUT2D eigenvalue weighted by molar-refractivity contribution is 6.46. The number of aliphatic hydroxyl groups is 1. The van der Waals surface area contributed by atoms with Crippen LogP contribution >= 0.6 is 0 Å². The number of aliphatic hydroxyl groups excluding tert-OH is 1. The minimum absolute atomic E-state index is 0.00836. The first-order chi connectivity index (χ1) is 16.1. The largest absolute Gasteiger partial charge is 0.507 e. The van der Waals surface area contributed by atoms with E-state index in [0.717, 1.165) is 0 Å². The van der Waals surface area contributed by atoms with Gasteiger partial charge in [0.25, 0.3) is 11.7 Å². The molecule has 1 unspecified atom stereocenters. The van der Waals surface area contributed by atoms with Gasteiger partial charge in [0.1, 0.15) is 17.3 Å². The summed E-state index contributed by atoms with van der Waals surface area (Å²) in [6.07, 6.45) is -0.00836. The van der Waals surface area contributed by atoms with Crippen LogP contribution in [0.15, 0.2) is 54.1 Å². The summed E-state index contributed by atoms with van der Waals surface area (Å²) >= 11 is 0. The Bertz CT molecular complexity index is 1100. The quantitative estimate of drug-likeness (QED) is 0.209. The van der Waals surface area contributed by atoms with Gasteiger partial charge >= 0.3 is 5.97 Å². The molecule has 2 aromatic carbocycles. The molecule has 8 nitrogen and oxygen atoms in total. The second kappa shape index (κ2) is 10.5. The van der Waals surface area contributed by atoms with Crippen molar-refractivity contribution in [2.75, 3.05) is 27.2 Å². The van der Waals surface area contributed by atoms with Crippen molar-refractivity contribution in [2.45, 2.75) is 32.9 Å². The standard InChI is InChI=1S/C26H30N2O6/c1-16(2)33-20-11-9-18(10-12-20)24(30)22-23(19-7-6-8-21(15-19)34-17(3)29)28(14-13-27(4)5)26(32)25(22)31/h6-12,15-16,23,30H,13-14H2,1-5H3/b24-22-. The van der Waals surface area contributed by atoms with Crippen LogP contribution in [0.5, 0.6) is 11.5 Å². The smallest absolute Gasteiger partial charge is 0.308 e. The van der Waals surface area contributed by atoms with Crippen molar-refractivity contribution in [3.8, 4) is 11.5 Å². The van der Waals surface area contributed by atoms with Gasteiger partial charge in [-0.05, 0) is 69.9 Å². The van der Waals surface area contributed by atoms with Crippen molar-refractivity contribution in [2.24, 2.45) is 0 Å². The Kier molecular flexibility index (Phi) is 7.73. The molecule has 0 radical (unpaired) electrons. The summed E-state index contributed by atoms with van der Waals surface area (Å²) in [5.74, 6) is -1.29. The number of amides is 1. The lowest BCUT2D eigenvalue weighted by atomic mass is 9.95. The van der Waals surface area contributed by atoms with E-state index in [-0.39, 0.29) is 24.0 Å². The summed E-state index contributed by atoms with van der Waals surface area (Å²) in [5.41, 5.74) is 0.933. The molecule has 0 aliphatic carbocycles. The molecule has 34 heavy (non-hydrogen) atoms. The zero-order chi connectivity index (χ0) is 25.0. The average molecular weight is 467 g/mol. The van der Waals surface area contributed by atoms with Gasteiger partial charge in [0, 0.05) is 25.6 Å². The minimum Gasteiger partial charge on any atom is -0.507 e. The second-order valence-electron chi connectivity index (χ2n) is 8.65. The molecule has 1 saturated heterocycles. The number of nitrogens with zero attached hydrogens (tertiary/aromatic N) is 2. The van der Waals surface area contributed by atoms with Crippen LogP contribution < -0.4 is 9.47 Å². The molecular weight excluding hydrogens is 436 g/mol. The summed E-state index contributed by atoms with van der Waals surface area (Å²) in [5, 5.41) is 11.2. The molecule has 1 fully saturated rings. The minimum atomic E-state index is -0.831. The zero-order valence-corrected chi connectivity index (χ0v) is 20.1. The van der Waals surface area contributed by atoms with Crippen LogP contribution in [-0.4, -0.2) is 65.9 Å². The number of benzene rings is 2. The molecule has 3 rings (SSSR count). The van der Waals surface area contributed by atoms with Crippen molar-refractivity contribution in [1.29, 1.82) is 0 Å². The number of ether oxygens (including phenoxy) is 2. The normalized spacial score (nSPS) is 17.5. The number of hydrogen-bond acceptors (Lipinski definition) is 7. The lowest BCUT2D eigenvalue weighted by Gasteiger charge is -2.26. The van der Waals surface area contributed by atoms with Gasteiger partial charge in [-0.1, -0.05) is 12.1 Å². The van der Waals surface area contributed by atoms with E-state index in [9.17, 15) is 19.5 Å². The van der Waals surface area contributed by atoms with Crippen LogP contribution in [-0.2, 0) is 14.4 Å². The van der Waals surface area contributed by atoms with Crippen molar-refractivity contribution < 1.29 is 29.0 Å². The lowest BCUT2D eigenvalue weighted by Crippen LogP contribution is -2.35. The van der Waals surface area contributed by atoms with Crippen molar-refractivity contribution in [1.82, 2.24) is 9.80 Å². The van der Waals surface area contributed by atoms with E-state index in [1.54, 1.807) is 48.5 Å². The predicted octanol–water partition coefficient (Wildman–Crippen LogP) is 3.38. The third kappa shape index (κ3) is 5.63. The Morgan fingerprint density at radius 3 is 2.35 bits per heavy atom. The van der Waals surface area contributed by atoms with Crippen LogP contribution in [0.3, 0.4) is 0 Å². The second-order valence-corrected chi connectivity index (χ2v) is 8.65. The number of ketones is 1. The number of Topliss-reactive ketones (excluding diaryl/α,β-unsaturated/α-hetero) is 1. The van der Waals surface area contributed by atoms with Gasteiger partial charge in [0.05, 0.1) is 17.7 Å². The van der Waals surface area contributed by atoms with E-state index in [1.807, 2.05) is 32.8 Å². The van der Waals surface area contributed by atoms with Gasteiger partial charge in [0.2, 0.25) is 0 Å². The highest BCUT2D eigenvalue weighted by atomic mass is 16.5. The Hall–Kier alpha value is -3.65. The SMILES string of the molecule is CC(=O)Oc1cccc(C2/C(=C(/O)c3ccc(OC(C)C)cc3)C(=O)C(=O)N2CCN(C)C)c1. The predicted molar refractivity (Wildman–Crippen MR) is 128 cm³/mol. The van der Waals surface area contributed by atoms with Gasteiger partial charge in [-0.3, -0.25) is 14.4 Å². The van der Waals surface area contributed by atoms with E-state index in [2.05, 4.69) is 0 Å². The maximum Gasteiger partial charge on any atom is 0.308 e. The lowest BCUT2D eigenvalue weighted by molar-refractivity contribution is -0.140. The first-order valence-electron chi connectivity index (χ1n) is 11.1. The number of likely N-dealkylation sites (N-methyl/N-ethyl adjacent to an activating group) is 1. The molecule has 1 aliphatic rings. The molecule has 0 bridgehead atoms.